The van der Waals surface area contributed by atoms with Crippen molar-refractivity contribution in [1.82, 2.24) is 0 Å². The molecule has 0 bridgehead atoms. The second-order valence-corrected chi connectivity index (χ2v) is 12.0. The predicted octanol–water partition coefficient (Wildman–Crippen LogP) is 4.53. The summed E-state index contributed by atoms with van der Waals surface area (Å²) in [6, 6.07) is 0. The van der Waals surface area contributed by atoms with Crippen molar-refractivity contribution in [2.24, 2.45) is 0 Å². The molecule has 0 aromatic heterocycles. The predicted molar refractivity (Wildman–Crippen MR) is 68.5 cm³/mol. The molecule has 1 unspecified atom stereocenters. The first kappa shape index (κ1) is 13.9. The molecule has 0 amide bonds. The summed E-state index contributed by atoms with van der Waals surface area (Å²) >= 11 is 3.48. The molecule has 0 aliphatic heterocycles. The molecule has 1 nitrogen and oxygen atoms in total. The van der Waals surface area contributed by atoms with Gasteiger partial charge in [0, 0.05) is 6.16 Å². The number of rotatable bonds is 6. The van der Waals surface area contributed by atoms with Gasteiger partial charge in [0.05, 0.1) is 4.49 Å². The fourth-order valence-electron chi connectivity index (χ4n) is 1.29. The molecule has 0 saturated heterocycles. The number of hydrogen-bond acceptors (Lipinski definition) is 3. The molecule has 0 aromatic carbocycles. The minimum Gasteiger partial charge on any atom is -0.311 e. The third kappa shape index (κ3) is 3.53. The average molecular weight is 240 g/mol. The van der Waals surface area contributed by atoms with E-state index in [1.807, 2.05) is 18.7 Å². The zero-order valence-corrected chi connectivity index (χ0v) is 11.8. The zero-order valence-electron chi connectivity index (χ0n) is 9.29. The van der Waals surface area contributed by atoms with Crippen molar-refractivity contribution in [3.63, 3.8) is 0 Å². The van der Waals surface area contributed by atoms with E-state index >= 15 is 0 Å². The van der Waals surface area contributed by atoms with Gasteiger partial charge in [-0.15, -0.1) is 11.8 Å². The molecule has 0 N–H and O–H groups in total. The lowest BCUT2D eigenvalue weighted by Crippen LogP contribution is -2.15. The molecule has 0 heterocycles. The van der Waals surface area contributed by atoms with Crippen LogP contribution in [-0.2, 0) is 4.57 Å². The van der Waals surface area contributed by atoms with Crippen molar-refractivity contribution in [3.05, 3.63) is 0 Å². The van der Waals surface area contributed by atoms with E-state index in [-0.39, 0.29) is 4.49 Å². The molecule has 13 heavy (non-hydrogen) atoms. The summed E-state index contributed by atoms with van der Waals surface area (Å²) in [5.41, 5.74) is 0. The van der Waals surface area contributed by atoms with Crippen molar-refractivity contribution in [3.8, 4) is 0 Å². The largest absolute Gasteiger partial charge is 0.311 e. The summed E-state index contributed by atoms with van der Waals surface area (Å²) in [5.74, 6) is 2.00. The van der Waals surface area contributed by atoms with E-state index in [1.165, 1.54) is 0 Å². The molecular weight excluding hydrogens is 219 g/mol. The van der Waals surface area contributed by atoms with Gasteiger partial charge >= 0.3 is 0 Å². The Bertz CT molecular complexity index is 192. The molecule has 0 aromatic rings. The molecule has 0 spiro atoms. The third-order valence-electron chi connectivity index (χ3n) is 2.07. The molecule has 1 atom stereocenters. The van der Waals surface area contributed by atoms with E-state index in [9.17, 15) is 4.57 Å². The summed E-state index contributed by atoms with van der Waals surface area (Å²) in [5, 5.41) is 0. The lowest BCUT2D eigenvalue weighted by Gasteiger charge is -2.32. The molecule has 0 saturated carbocycles. The molecule has 4 heteroatoms. The maximum atomic E-state index is 12.5. The maximum absolute atomic E-state index is 12.5. The zero-order chi connectivity index (χ0) is 10.5. The van der Waals surface area contributed by atoms with Gasteiger partial charge in [0.1, 0.15) is 0 Å². The maximum Gasteiger partial charge on any atom is 0.153 e. The SMILES string of the molecule is CCSC(C)(C)P(=O)(CC)SCC. The molecule has 0 fully saturated rings. The van der Waals surface area contributed by atoms with Crippen LogP contribution in [0.2, 0.25) is 0 Å². The first-order chi connectivity index (χ1) is 5.93. The molecule has 0 rings (SSSR count). The minimum atomic E-state index is -2.04. The van der Waals surface area contributed by atoms with E-state index in [0.29, 0.717) is 0 Å². The van der Waals surface area contributed by atoms with E-state index in [0.717, 1.165) is 17.7 Å². The van der Waals surface area contributed by atoms with E-state index in [1.54, 1.807) is 11.4 Å². The highest BCUT2D eigenvalue weighted by atomic mass is 32.7. The summed E-state index contributed by atoms with van der Waals surface area (Å²) in [4.78, 5) is 0. The van der Waals surface area contributed by atoms with E-state index in [2.05, 4.69) is 27.7 Å². The van der Waals surface area contributed by atoms with Gasteiger partial charge in [-0.2, -0.15) is 0 Å². The smallest absolute Gasteiger partial charge is 0.153 e. The average Bonchev–Trinajstić information content (AvgIpc) is 2.04. The fourth-order valence-corrected chi connectivity index (χ4v) is 8.91. The Balaban J connectivity index is 4.62. The monoisotopic (exact) mass is 240 g/mol. The number of thioether (sulfide) groups is 1. The Kier molecular flexibility index (Phi) is 6.13. The highest BCUT2D eigenvalue weighted by Gasteiger charge is 2.38. The standard InChI is InChI=1S/C9H21OPS2/c1-6-11(10,13-8-3)9(4,5)12-7-2/h6-8H2,1-5H3. The lowest BCUT2D eigenvalue weighted by atomic mass is 10.5. The van der Waals surface area contributed by atoms with Gasteiger partial charge in [0.25, 0.3) is 0 Å². The van der Waals surface area contributed by atoms with Crippen LogP contribution in [0.3, 0.4) is 0 Å². The van der Waals surface area contributed by atoms with Gasteiger partial charge in [0.15, 0.2) is 6.34 Å². The minimum absolute atomic E-state index is 0.0584. The molecule has 0 aliphatic carbocycles. The Morgan fingerprint density at radius 1 is 1.15 bits per heavy atom. The summed E-state index contributed by atoms with van der Waals surface area (Å²) in [7, 11) is 0. The molecule has 80 valence electrons. The fraction of sp³-hybridized carbons (Fsp3) is 1.00. The Labute approximate surface area is 90.9 Å². The van der Waals surface area contributed by atoms with Gasteiger partial charge in [-0.05, 0) is 25.4 Å². The van der Waals surface area contributed by atoms with Crippen LogP contribution < -0.4 is 0 Å². The summed E-state index contributed by atoms with van der Waals surface area (Å²) in [6.07, 6.45) is -1.23. The first-order valence-electron chi connectivity index (χ1n) is 4.81. The van der Waals surface area contributed by atoms with Crippen molar-refractivity contribution < 1.29 is 4.57 Å². The van der Waals surface area contributed by atoms with Gasteiger partial charge in [0.2, 0.25) is 0 Å². The van der Waals surface area contributed by atoms with Crippen LogP contribution in [0.1, 0.15) is 34.6 Å². The summed E-state index contributed by atoms with van der Waals surface area (Å²) < 4.78 is 12.5. The highest BCUT2D eigenvalue weighted by Crippen LogP contribution is 2.71. The second kappa shape index (κ2) is 5.72. The Morgan fingerprint density at radius 2 is 1.69 bits per heavy atom. The molecule has 0 radical (unpaired) electrons. The topological polar surface area (TPSA) is 17.1 Å². The van der Waals surface area contributed by atoms with Gasteiger partial charge < -0.3 is 4.57 Å². The summed E-state index contributed by atoms with van der Waals surface area (Å²) in [6.45, 7) is 10.5. The van der Waals surface area contributed by atoms with Crippen molar-refractivity contribution in [2.45, 2.75) is 39.1 Å². The highest BCUT2D eigenvalue weighted by molar-refractivity contribution is 8.60. The first-order valence-corrected chi connectivity index (χ1v) is 9.28. The second-order valence-electron chi connectivity index (χ2n) is 3.29. The van der Waals surface area contributed by atoms with Crippen molar-refractivity contribution >= 4 is 29.5 Å². The van der Waals surface area contributed by atoms with Crippen LogP contribution in [-0.4, -0.2) is 22.2 Å². The van der Waals surface area contributed by atoms with Gasteiger partial charge in [-0.25, -0.2) is 0 Å². The molecular formula is C9H21OPS2. The van der Waals surface area contributed by atoms with Crippen LogP contribution in [0.25, 0.3) is 0 Å². The third-order valence-corrected chi connectivity index (χ3v) is 12.0. The Morgan fingerprint density at radius 3 is 2.00 bits per heavy atom. The van der Waals surface area contributed by atoms with Crippen molar-refractivity contribution in [1.29, 1.82) is 0 Å². The van der Waals surface area contributed by atoms with Crippen molar-refractivity contribution in [2.75, 3.05) is 17.7 Å². The van der Waals surface area contributed by atoms with Crippen LogP contribution in [0.4, 0.5) is 0 Å². The lowest BCUT2D eigenvalue weighted by molar-refractivity contribution is 0.577. The number of hydrogen-bond donors (Lipinski definition) is 0. The van der Waals surface area contributed by atoms with E-state index < -0.39 is 6.34 Å². The molecule has 0 aliphatic rings. The van der Waals surface area contributed by atoms with Crippen LogP contribution in [0, 0.1) is 0 Å². The van der Waals surface area contributed by atoms with Gasteiger partial charge in [-0.3, -0.25) is 0 Å². The normalized spacial score (nSPS) is 17.0. The van der Waals surface area contributed by atoms with Crippen LogP contribution >= 0.6 is 29.5 Å². The van der Waals surface area contributed by atoms with Gasteiger partial charge in [-0.1, -0.05) is 32.2 Å². The quantitative estimate of drug-likeness (QED) is 0.635. The Hall–Kier alpha value is 0.930. The van der Waals surface area contributed by atoms with Crippen LogP contribution in [0.5, 0.6) is 0 Å². The van der Waals surface area contributed by atoms with Crippen LogP contribution in [0.15, 0.2) is 0 Å². The van der Waals surface area contributed by atoms with E-state index in [4.69, 9.17) is 0 Å².